The van der Waals surface area contributed by atoms with E-state index in [0.717, 1.165) is 12.8 Å². The minimum atomic E-state index is -0.356. The lowest BCUT2D eigenvalue weighted by Crippen LogP contribution is -2.36. The summed E-state index contributed by atoms with van der Waals surface area (Å²) in [5.74, 6) is 1.67. The Labute approximate surface area is 146 Å². The van der Waals surface area contributed by atoms with Gasteiger partial charge in [-0.2, -0.15) is 4.98 Å². The molecule has 1 saturated heterocycles. The van der Waals surface area contributed by atoms with Crippen molar-refractivity contribution in [2.75, 3.05) is 13.2 Å². The van der Waals surface area contributed by atoms with Crippen molar-refractivity contribution in [2.45, 2.75) is 52.5 Å². The van der Waals surface area contributed by atoms with Gasteiger partial charge in [0.05, 0.1) is 5.69 Å². The van der Waals surface area contributed by atoms with Gasteiger partial charge in [0, 0.05) is 19.1 Å². The highest BCUT2D eigenvalue weighted by Gasteiger charge is 2.33. The molecule has 1 amide bonds. The molecule has 1 atom stereocenters. The quantitative estimate of drug-likeness (QED) is 0.886. The highest BCUT2D eigenvalue weighted by atomic mass is 16.5. The first-order valence-electron chi connectivity index (χ1n) is 8.62. The monoisotopic (exact) mass is 348 g/mol. The number of hydrogen-bond acceptors (Lipinski definition) is 7. The normalized spacial score (nSPS) is 17.0. The van der Waals surface area contributed by atoms with Crippen LogP contribution in [0.25, 0.3) is 0 Å². The van der Waals surface area contributed by atoms with Crippen molar-refractivity contribution >= 4 is 5.91 Å². The molecular formula is C17H24N4O4. The van der Waals surface area contributed by atoms with Crippen LogP contribution in [0.1, 0.15) is 72.2 Å². The lowest BCUT2D eigenvalue weighted by molar-refractivity contribution is 0.0467. The van der Waals surface area contributed by atoms with Crippen LogP contribution >= 0.6 is 0 Å². The molecule has 0 bridgehead atoms. The van der Waals surface area contributed by atoms with Crippen LogP contribution in [0.3, 0.4) is 0 Å². The zero-order valence-corrected chi connectivity index (χ0v) is 15.0. The number of aromatic nitrogens is 3. The number of aryl methyl sites for hydroxylation is 2. The number of ether oxygens (including phenoxy) is 1. The summed E-state index contributed by atoms with van der Waals surface area (Å²) >= 11 is 0. The summed E-state index contributed by atoms with van der Waals surface area (Å²) < 4.78 is 16.0. The Balaban J connectivity index is 1.86. The van der Waals surface area contributed by atoms with Gasteiger partial charge < -0.3 is 19.1 Å². The average Bonchev–Trinajstić information content (AvgIpc) is 3.20. The SMILES string of the molecule is Cc1noc(C)c1C(=O)N[C@H](c1nc(C(C)C)no1)C1CCOCC1. The predicted octanol–water partition coefficient (Wildman–Crippen LogP) is 2.70. The van der Waals surface area contributed by atoms with E-state index in [4.69, 9.17) is 13.8 Å². The third-order valence-electron chi connectivity index (χ3n) is 4.52. The molecule has 0 radical (unpaired) electrons. The van der Waals surface area contributed by atoms with Crippen LogP contribution < -0.4 is 5.32 Å². The number of amides is 1. The van der Waals surface area contributed by atoms with Crippen molar-refractivity contribution in [3.05, 3.63) is 28.7 Å². The van der Waals surface area contributed by atoms with Gasteiger partial charge in [-0.3, -0.25) is 4.79 Å². The molecule has 1 fully saturated rings. The van der Waals surface area contributed by atoms with Crippen molar-refractivity contribution in [1.29, 1.82) is 0 Å². The standard InChI is InChI=1S/C17H24N4O4/c1-9(2)15-19-17(25-21-15)14(12-5-7-23-8-6-12)18-16(22)13-10(3)20-24-11(13)4/h9,12,14H,5-8H2,1-4H3,(H,18,22)/t14-/m0/s1. The van der Waals surface area contributed by atoms with E-state index in [2.05, 4.69) is 20.6 Å². The van der Waals surface area contributed by atoms with Gasteiger partial charge in [0.1, 0.15) is 17.4 Å². The van der Waals surface area contributed by atoms with E-state index in [0.29, 0.717) is 41.9 Å². The van der Waals surface area contributed by atoms with Crippen molar-refractivity contribution in [2.24, 2.45) is 5.92 Å². The van der Waals surface area contributed by atoms with Crippen molar-refractivity contribution in [1.82, 2.24) is 20.6 Å². The third kappa shape index (κ3) is 3.73. The van der Waals surface area contributed by atoms with Crippen LogP contribution in [0.4, 0.5) is 0 Å². The highest BCUT2D eigenvalue weighted by molar-refractivity contribution is 5.96. The zero-order valence-electron chi connectivity index (χ0n) is 15.0. The van der Waals surface area contributed by atoms with Gasteiger partial charge in [-0.15, -0.1) is 0 Å². The number of hydrogen-bond donors (Lipinski definition) is 1. The van der Waals surface area contributed by atoms with E-state index < -0.39 is 0 Å². The molecule has 2 aromatic rings. The zero-order chi connectivity index (χ0) is 18.0. The smallest absolute Gasteiger partial charge is 0.257 e. The molecule has 1 aliphatic heterocycles. The Kier molecular flexibility index (Phi) is 5.17. The summed E-state index contributed by atoms with van der Waals surface area (Å²) in [5.41, 5.74) is 1.02. The molecule has 1 N–H and O–H groups in total. The molecule has 136 valence electrons. The van der Waals surface area contributed by atoms with Gasteiger partial charge in [0.25, 0.3) is 5.91 Å². The van der Waals surface area contributed by atoms with E-state index in [1.54, 1.807) is 13.8 Å². The van der Waals surface area contributed by atoms with Crippen LogP contribution in [-0.2, 0) is 4.74 Å². The molecule has 8 nitrogen and oxygen atoms in total. The van der Waals surface area contributed by atoms with Crippen LogP contribution in [0.5, 0.6) is 0 Å². The molecule has 25 heavy (non-hydrogen) atoms. The molecular weight excluding hydrogens is 324 g/mol. The number of rotatable bonds is 5. The fourth-order valence-electron chi connectivity index (χ4n) is 3.06. The Morgan fingerprint density at radius 2 is 1.88 bits per heavy atom. The molecule has 0 aromatic carbocycles. The second kappa shape index (κ2) is 7.35. The van der Waals surface area contributed by atoms with Gasteiger partial charge >= 0.3 is 0 Å². The van der Waals surface area contributed by atoms with E-state index in [-0.39, 0.29) is 23.8 Å². The molecule has 0 unspecified atom stereocenters. The van der Waals surface area contributed by atoms with Gasteiger partial charge in [-0.1, -0.05) is 24.2 Å². The van der Waals surface area contributed by atoms with E-state index in [1.165, 1.54) is 0 Å². The second-order valence-corrected chi connectivity index (χ2v) is 6.75. The first-order chi connectivity index (χ1) is 12.0. The highest BCUT2D eigenvalue weighted by Crippen LogP contribution is 2.30. The van der Waals surface area contributed by atoms with Crippen molar-refractivity contribution in [3.8, 4) is 0 Å². The number of carbonyl (C=O) groups excluding carboxylic acids is 1. The largest absolute Gasteiger partial charge is 0.381 e. The average molecular weight is 348 g/mol. The minimum Gasteiger partial charge on any atom is -0.381 e. The summed E-state index contributed by atoms with van der Waals surface area (Å²) in [6, 6.07) is -0.356. The van der Waals surface area contributed by atoms with Gasteiger partial charge in [-0.05, 0) is 32.6 Å². The first-order valence-corrected chi connectivity index (χ1v) is 8.62. The van der Waals surface area contributed by atoms with Crippen LogP contribution in [0.2, 0.25) is 0 Å². The molecule has 3 rings (SSSR count). The lowest BCUT2D eigenvalue weighted by atomic mass is 9.91. The van der Waals surface area contributed by atoms with Crippen LogP contribution in [0, 0.1) is 19.8 Å². The second-order valence-electron chi connectivity index (χ2n) is 6.75. The molecule has 0 saturated carbocycles. The molecule has 8 heteroatoms. The first kappa shape index (κ1) is 17.6. The topological polar surface area (TPSA) is 103 Å². The number of carbonyl (C=O) groups is 1. The summed E-state index contributed by atoms with van der Waals surface area (Å²) in [6.07, 6.45) is 1.65. The van der Waals surface area contributed by atoms with E-state index in [1.807, 2.05) is 13.8 Å². The maximum atomic E-state index is 12.8. The summed E-state index contributed by atoms with van der Waals surface area (Å²) in [5, 5.41) is 10.9. The molecule has 0 spiro atoms. The van der Waals surface area contributed by atoms with Crippen molar-refractivity contribution in [3.63, 3.8) is 0 Å². The molecule has 3 heterocycles. The fourth-order valence-corrected chi connectivity index (χ4v) is 3.06. The molecule has 2 aromatic heterocycles. The maximum absolute atomic E-state index is 12.8. The summed E-state index contributed by atoms with van der Waals surface area (Å²) in [6.45, 7) is 8.79. The Morgan fingerprint density at radius 3 is 2.44 bits per heavy atom. The van der Waals surface area contributed by atoms with Crippen molar-refractivity contribution < 1.29 is 18.6 Å². The fraction of sp³-hybridized carbons (Fsp3) is 0.647. The number of nitrogens with one attached hydrogen (secondary N) is 1. The van der Waals surface area contributed by atoms with Crippen LogP contribution in [0.15, 0.2) is 9.05 Å². The summed E-state index contributed by atoms with van der Waals surface area (Å²) in [7, 11) is 0. The Hall–Kier alpha value is -2.22. The molecule has 1 aliphatic rings. The predicted molar refractivity (Wildman–Crippen MR) is 88.1 cm³/mol. The van der Waals surface area contributed by atoms with Gasteiger partial charge in [-0.25, -0.2) is 0 Å². The number of nitrogens with zero attached hydrogens (tertiary/aromatic N) is 3. The Morgan fingerprint density at radius 1 is 1.16 bits per heavy atom. The van der Waals surface area contributed by atoms with E-state index in [9.17, 15) is 4.79 Å². The third-order valence-corrected chi connectivity index (χ3v) is 4.52. The van der Waals surface area contributed by atoms with E-state index >= 15 is 0 Å². The van der Waals surface area contributed by atoms with Gasteiger partial charge in [0.15, 0.2) is 5.82 Å². The summed E-state index contributed by atoms with van der Waals surface area (Å²) in [4.78, 5) is 17.3. The lowest BCUT2D eigenvalue weighted by Gasteiger charge is -2.28. The van der Waals surface area contributed by atoms with Crippen LogP contribution in [-0.4, -0.2) is 34.4 Å². The minimum absolute atomic E-state index is 0.158. The van der Waals surface area contributed by atoms with Gasteiger partial charge in [0.2, 0.25) is 5.89 Å². The maximum Gasteiger partial charge on any atom is 0.257 e. The Bertz CT molecular complexity index is 711. The molecule has 0 aliphatic carbocycles.